The molecule has 2 rings (SSSR count). The third-order valence-electron chi connectivity index (χ3n) is 1.81. The average Bonchev–Trinajstić information content (AvgIpc) is 2.38. The summed E-state index contributed by atoms with van der Waals surface area (Å²) in [6.07, 6.45) is 0. The number of nitrogens with one attached hydrogen (secondary N) is 2. The third kappa shape index (κ3) is 2.14. The second-order valence-corrected chi connectivity index (χ2v) is 10.3. The first-order chi connectivity index (χ1) is 6.59. The van der Waals surface area contributed by atoms with Crippen molar-refractivity contribution in [3.63, 3.8) is 0 Å². The fraction of sp³-hybridized carbons (Fsp3) is 0.333. The number of para-hydroxylation sites is 1. The first kappa shape index (κ1) is 10.5. The Morgan fingerprint density at radius 2 is 2.14 bits per heavy atom. The molecule has 1 unspecified atom stereocenters. The van der Waals surface area contributed by atoms with Crippen LogP contribution in [0.3, 0.4) is 0 Å². The zero-order chi connectivity index (χ0) is 10.2. The summed E-state index contributed by atoms with van der Waals surface area (Å²) in [4.78, 5) is 1.27. The molecule has 1 atom stereocenters. The highest BCUT2D eigenvalue weighted by atomic mass is 32.9. The van der Waals surface area contributed by atoms with E-state index in [1.54, 1.807) is 11.4 Å². The lowest BCUT2D eigenvalue weighted by Crippen LogP contribution is -2.19. The van der Waals surface area contributed by atoms with Crippen LogP contribution in [0.4, 0.5) is 5.69 Å². The topological polar surface area (TPSA) is 24.1 Å². The van der Waals surface area contributed by atoms with Crippen LogP contribution in [0.1, 0.15) is 13.8 Å². The van der Waals surface area contributed by atoms with Crippen LogP contribution in [0, 0.1) is 0 Å². The molecular weight excluding hydrogens is 231 g/mol. The quantitative estimate of drug-likeness (QED) is 0.778. The molecule has 0 fully saturated rings. The van der Waals surface area contributed by atoms with Gasteiger partial charge in [-0.05, 0) is 37.8 Å². The van der Waals surface area contributed by atoms with E-state index in [1.807, 2.05) is 12.1 Å². The summed E-state index contributed by atoms with van der Waals surface area (Å²) in [6.45, 7) is 4.25. The van der Waals surface area contributed by atoms with E-state index >= 15 is 0 Å². The molecule has 0 spiro atoms. The van der Waals surface area contributed by atoms with Crippen molar-refractivity contribution in [1.29, 1.82) is 0 Å². The molecule has 76 valence electrons. The van der Waals surface area contributed by atoms with Crippen molar-refractivity contribution in [3.05, 3.63) is 24.3 Å². The molecule has 0 aliphatic carbocycles. The standard InChI is InChI=1S/C9H13N2PS2/c1-7(2)10-12(13)11-8-5-3-4-6-9(8)14-12/h3-7H,1-2H3,(H2,10,11,13). The van der Waals surface area contributed by atoms with Gasteiger partial charge in [0.25, 0.3) is 0 Å². The summed E-state index contributed by atoms with van der Waals surface area (Å²) in [6, 6.07) is 8.71. The molecular formula is C9H13N2PS2. The highest BCUT2D eigenvalue weighted by Gasteiger charge is 2.27. The molecule has 1 heterocycles. The second-order valence-electron chi connectivity index (χ2n) is 3.53. The maximum atomic E-state index is 5.60. The van der Waals surface area contributed by atoms with Gasteiger partial charge in [0.2, 0.25) is 0 Å². The maximum Gasteiger partial charge on any atom is 0.155 e. The fourth-order valence-corrected chi connectivity index (χ4v) is 7.60. The molecule has 1 aliphatic rings. The van der Waals surface area contributed by atoms with E-state index in [4.69, 9.17) is 11.8 Å². The molecule has 0 saturated carbocycles. The van der Waals surface area contributed by atoms with E-state index in [0.717, 1.165) is 0 Å². The Morgan fingerprint density at radius 3 is 2.79 bits per heavy atom. The fourth-order valence-electron chi connectivity index (χ4n) is 1.36. The van der Waals surface area contributed by atoms with Crippen LogP contribution in [0.2, 0.25) is 0 Å². The first-order valence-electron chi connectivity index (χ1n) is 4.54. The highest BCUT2D eigenvalue weighted by Crippen LogP contribution is 2.65. The monoisotopic (exact) mass is 244 g/mol. The summed E-state index contributed by atoms with van der Waals surface area (Å²) in [5.41, 5.74) is -0.483. The molecule has 0 aromatic heterocycles. The summed E-state index contributed by atoms with van der Waals surface area (Å²) in [5.74, 6) is 0. The van der Waals surface area contributed by atoms with E-state index in [2.05, 4.69) is 36.2 Å². The van der Waals surface area contributed by atoms with Crippen LogP contribution in [0.15, 0.2) is 29.2 Å². The number of benzene rings is 1. The number of hydrogen-bond donors (Lipinski definition) is 2. The molecule has 0 saturated heterocycles. The summed E-state index contributed by atoms with van der Waals surface area (Å²) >= 11 is 7.37. The minimum Gasteiger partial charge on any atom is -0.337 e. The average molecular weight is 244 g/mol. The highest BCUT2D eigenvalue weighted by molar-refractivity contribution is 8.71. The number of rotatable bonds is 2. The molecule has 1 aromatic carbocycles. The zero-order valence-electron chi connectivity index (χ0n) is 8.15. The van der Waals surface area contributed by atoms with Crippen molar-refractivity contribution in [2.24, 2.45) is 0 Å². The summed E-state index contributed by atoms with van der Waals surface area (Å²) in [7, 11) is 0. The van der Waals surface area contributed by atoms with Crippen LogP contribution in [0.5, 0.6) is 0 Å². The van der Waals surface area contributed by atoms with Gasteiger partial charge in [0.15, 0.2) is 5.54 Å². The van der Waals surface area contributed by atoms with Crippen molar-refractivity contribution in [2.45, 2.75) is 24.8 Å². The van der Waals surface area contributed by atoms with E-state index in [0.29, 0.717) is 6.04 Å². The molecule has 2 N–H and O–H groups in total. The Morgan fingerprint density at radius 1 is 1.43 bits per heavy atom. The van der Waals surface area contributed by atoms with Gasteiger partial charge in [-0.25, -0.2) is 0 Å². The van der Waals surface area contributed by atoms with Gasteiger partial charge < -0.3 is 5.09 Å². The normalized spacial score (nSPS) is 24.8. The molecule has 2 nitrogen and oxygen atoms in total. The predicted octanol–water partition coefficient (Wildman–Crippen LogP) is 3.43. The van der Waals surface area contributed by atoms with Crippen molar-refractivity contribution < 1.29 is 0 Å². The largest absolute Gasteiger partial charge is 0.337 e. The van der Waals surface area contributed by atoms with Gasteiger partial charge in [-0.1, -0.05) is 23.5 Å². The van der Waals surface area contributed by atoms with E-state index in [-0.39, 0.29) is 0 Å². The third-order valence-corrected chi connectivity index (χ3v) is 7.22. The molecule has 5 heteroatoms. The Kier molecular flexibility index (Phi) is 2.89. The molecule has 1 aromatic rings. The van der Waals surface area contributed by atoms with Crippen LogP contribution in [-0.4, -0.2) is 6.04 Å². The van der Waals surface area contributed by atoms with Gasteiger partial charge in [-0.2, -0.15) is 0 Å². The minimum absolute atomic E-state index is 0.426. The minimum atomic E-state index is -1.66. The summed E-state index contributed by atoms with van der Waals surface area (Å²) in [5, 5.41) is 6.86. The van der Waals surface area contributed by atoms with E-state index in [9.17, 15) is 0 Å². The first-order valence-corrected chi connectivity index (χ1v) is 8.76. The van der Waals surface area contributed by atoms with Crippen molar-refractivity contribution in [1.82, 2.24) is 5.09 Å². The molecule has 1 aliphatic heterocycles. The van der Waals surface area contributed by atoms with E-state index < -0.39 is 5.54 Å². The number of hydrogen-bond acceptors (Lipinski definition) is 2. The zero-order valence-corrected chi connectivity index (χ0v) is 10.7. The Labute approximate surface area is 93.7 Å². The van der Waals surface area contributed by atoms with Gasteiger partial charge >= 0.3 is 0 Å². The lowest BCUT2D eigenvalue weighted by Gasteiger charge is -2.19. The van der Waals surface area contributed by atoms with Crippen molar-refractivity contribution in [2.75, 3.05) is 5.09 Å². The van der Waals surface area contributed by atoms with Crippen LogP contribution < -0.4 is 10.2 Å². The van der Waals surface area contributed by atoms with E-state index in [1.165, 1.54) is 10.6 Å². The van der Waals surface area contributed by atoms with Gasteiger partial charge in [0, 0.05) is 10.9 Å². The smallest absolute Gasteiger partial charge is 0.155 e. The Hall–Kier alpha value is -0.0200. The predicted molar refractivity (Wildman–Crippen MR) is 68.5 cm³/mol. The lowest BCUT2D eigenvalue weighted by atomic mass is 10.3. The van der Waals surface area contributed by atoms with Crippen LogP contribution in [-0.2, 0) is 11.8 Å². The van der Waals surface area contributed by atoms with Crippen LogP contribution in [0.25, 0.3) is 0 Å². The maximum absolute atomic E-state index is 5.60. The summed E-state index contributed by atoms with van der Waals surface area (Å²) < 4.78 is 0. The molecule has 0 bridgehead atoms. The Bertz CT molecular complexity index is 363. The van der Waals surface area contributed by atoms with Crippen molar-refractivity contribution >= 4 is 34.4 Å². The molecule has 14 heavy (non-hydrogen) atoms. The molecule has 0 radical (unpaired) electrons. The van der Waals surface area contributed by atoms with Gasteiger partial charge in [-0.3, -0.25) is 5.09 Å². The molecule has 0 amide bonds. The van der Waals surface area contributed by atoms with Gasteiger partial charge in [0.05, 0.1) is 5.69 Å². The van der Waals surface area contributed by atoms with Crippen molar-refractivity contribution in [3.8, 4) is 0 Å². The lowest BCUT2D eigenvalue weighted by molar-refractivity contribution is 0.765. The van der Waals surface area contributed by atoms with Gasteiger partial charge in [-0.15, -0.1) is 0 Å². The van der Waals surface area contributed by atoms with Gasteiger partial charge in [0.1, 0.15) is 0 Å². The number of fused-ring (bicyclic) bond motifs is 1. The Balaban J connectivity index is 2.22. The second kappa shape index (κ2) is 3.86. The van der Waals surface area contributed by atoms with Crippen LogP contribution >= 0.6 is 16.9 Å². The SMILES string of the molecule is CC(C)NP1(=S)Nc2ccccc2S1. The number of anilines is 1.